The van der Waals surface area contributed by atoms with Crippen molar-refractivity contribution in [3.05, 3.63) is 35.9 Å². The average Bonchev–Trinajstić information content (AvgIpc) is 2.54. The Morgan fingerprint density at radius 1 is 1.12 bits per heavy atom. The lowest BCUT2D eigenvalue weighted by molar-refractivity contribution is -0.149. The van der Waals surface area contributed by atoms with Crippen LogP contribution < -0.4 is 5.32 Å². The predicted molar refractivity (Wildman–Crippen MR) is 97.7 cm³/mol. The maximum absolute atomic E-state index is 13.1. The molecule has 0 saturated heterocycles. The van der Waals surface area contributed by atoms with Crippen LogP contribution in [0.1, 0.15) is 64.4 Å². The number of nitrogens with one attached hydrogen (secondary N) is 1. The van der Waals surface area contributed by atoms with Gasteiger partial charge in [0.05, 0.1) is 5.41 Å². The van der Waals surface area contributed by atoms with Crippen LogP contribution in [-0.2, 0) is 10.2 Å². The van der Waals surface area contributed by atoms with Crippen LogP contribution in [0.15, 0.2) is 30.3 Å². The van der Waals surface area contributed by atoms with E-state index >= 15 is 0 Å². The van der Waals surface area contributed by atoms with Gasteiger partial charge in [0.25, 0.3) is 0 Å². The molecular weight excluding hydrogens is 294 g/mol. The molecule has 0 aliphatic heterocycles. The van der Waals surface area contributed by atoms with Gasteiger partial charge in [0.15, 0.2) is 0 Å². The number of amides is 1. The number of rotatable bonds is 5. The second-order valence-electron chi connectivity index (χ2n) is 9.33. The highest BCUT2D eigenvalue weighted by Crippen LogP contribution is 2.65. The molecule has 2 atom stereocenters. The number of benzene rings is 1. The Bertz CT molecular complexity index is 592. The van der Waals surface area contributed by atoms with Gasteiger partial charge < -0.3 is 5.32 Å². The molecule has 0 unspecified atom stereocenters. The van der Waals surface area contributed by atoms with Crippen LogP contribution >= 0.6 is 0 Å². The Kier molecular flexibility index (Phi) is 3.97. The van der Waals surface area contributed by atoms with Crippen molar-refractivity contribution < 1.29 is 4.79 Å². The summed E-state index contributed by atoms with van der Waals surface area (Å²) in [6, 6.07) is 11.1. The first kappa shape index (κ1) is 16.2. The highest BCUT2D eigenvalue weighted by molar-refractivity contribution is 5.83. The molecule has 4 bridgehead atoms. The normalized spacial score (nSPS) is 37.0. The molecule has 130 valence electrons. The van der Waals surface area contributed by atoms with E-state index in [0.717, 1.165) is 44.1 Å². The third kappa shape index (κ3) is 2.68. The van der Waals surface area contributed by atoms with Crippen molar-refractivity contribution in [3.63, 3.8) is 0 Å². The van der Waals surface area contributed by atoms with E-state index in [1.54, 1.807) is 0 Å². The van der Waals surface area contributed by atoms with E-state index in [-0.39, 0.29) is 10.8 Å². The lowest BCUT2D eigenvalue weighted by atomic mass is 9.42. The molecule has 0 heterocycles. The zero-order chi connectivity index (χ0) is 16.8. The van der Waals surface area contributed by atoms with E-state index < -0.39 is 0 Å². The molecule has 0 aromatic heterocycles. The third-order valence-corrected chi connectivity index (χ3v) is 6.94. The molecule has 2 nitrogen and oxygen atoms in total. The van der Waals surface area contributed by atoms with E-state index in [9.17, 15) is 4.79 Å². The van der Waals surface area contributed by atoms with Crippen molar-refractivity contribution >= 4 is 5.91 Å². The van der Waals surface area contributed by atoms with E-state index in [1.807, 2.05) is 0 Å². The van der Waals surface area contributed by atoms with Crippen LogP contribution in [0.2, 0.25) is 0 Å². The Balaban J connectivity index is 1.58. The van der Waals surface area contributed by atoms with Crippen LogP contribution in [0.4, 0.5) is 0 Å². The Hall–Kier alpha value is -1.31. The molecule has 4 aliphatic carbocycles. The van der Waals surface area contributed by atoms with E-state index in [4.69, 9.17) is 0 Å². The van der Waals surface area contributed by atoms with Gasteiger partial charge in [-0.1, -0.05) is 44.2 Å². The Morgan fingerprint density at radius 3 is 2.42 bits per heavy atom. The molecule has 4 fully saturated rings. The largest absolute Gasteiger partial charge is 0.356 e. The third-order valence-electron chi connectivity index (χ3n) is 6.94. The Morgan fingerprint density at radius 2 is 1.79 bits per heavy atom. The van der Waals surface area contributed by atoms with Gasteiger partial charge in [-0.05, 0) is 73.7 Å². The summed E-state index contributed by atoms with van der Waals surface area (Å²) in [7, 11) is 0. The molecule has 1 N–H and O–H groups in total. The maximum atomic E-state index is 13.1. The van der Waals surface area contributed by atoms with Crippen molar-refractivity contribution in [2.45, 2.75) is 64.2 Å². The molecule has 1 aromatic carbocycles. The first-order valence-corrected chi connectivity index (χ1v) is 9.85. The first-order valence-electron chi connectivity index (χ1n) is 9.85. The van der Waals surface area contributed by atoms with Gasteiger partial charge in [0.1, 0.15) is 0 Å². The van der Waals surface area contributed by atoms with Crippen molar-refractivity contribution in [1.29, 1.82) is 0 Å². The summed E-state index contributed by atoms with van der Waals surface area (Å²) in [4.78, 5) is 13.1. The standard InChI is InChI=1S/C22H31NO/c1-16(2)8-9-23-20(24)22-13-17-10-18(14-22)12-21(11-17,15-22)19-6-4-3-5-7-19/h3-7,16-18H,8-15H2,1-2H3,(H,23,24)/t17-,18-,21?,22?/m0/s1. The summed E-state index contributed by atoms with van der Waals surface area (Å²) in [5, 5.41) is 3.30. The van der Waals surface area contributed by atoms with Crippen molar-refractivity contribution in [2.24, 2.45) is 23.2 Å². The quantitative estimate of drug-likeness (QED) is 0.836. The van der Waals surface area contributed by atoms with Crippen LogP contribution in [0, 0.1) is 23.2 Å². The molecule has 0 spiro atoms. The lowest BCUT2D eigenvalue weighted by Gasteiger charge is -2.61. The SMILES string of the molecule is CC(C)CCNC(=O)C12C[C@H]3C[C@H](C1)CC(c1ccccc1)(C3)C2. The molecule has 4 saturated carbocycles. The van der Waals surface area contributed by atoms with Crippen LogP contribution in [-0.4, -0.2) is 12.5 Å². The van der Waals surface area contributed by atoms with Gasteiger partial charge in [-0.2, -0.15) is 0 Å². The molecule has 24 heavy (non-hydrogen) atoms. The number of carbonyl (C=O) groups is 1. The second kappa shape index (κ2) is 5.89. The topological polar surface area (TPSA) is 29.1 Å². The zero-order valence-corrected chi connectivity index (χ0v) is 15.2. The molecule has 1 aromatic rings. The van der Waals surface area contributed by atoms with E-state index in [2.05, 4.69) is 49.5 Å². The van der Waals surface area contributed by atoms with Crippen LogP contribution in [0.3, 0.4) is 0 Å². The summed E-state index contributed by atoms with van der Waals surface area (Å²) in [5.41, 5.74) is 1.66. The van der Waals surface area contributed by atoms with Gasteiger partial charge in [-0.25, -0.2) is 0 Å². The highest BCUT2D eigenvalue weighted by Gasteiger charge is 2.60. The van der Waals surface area contributed by atoms with Crippen molar-refractivity contribution in [3.8, 4) is 0 Å². The number of hydrogen-bond donors (Lipinski definition) is 1. The number of carbonyl (C=O) groups excluding carboxylic acids is 1. The summed E-state index contributed by atoms with van der Waals surface area (Å²) in [6.07, 6.45) is 8.37. The van der Waals surface area contributed by atoms with Crippen molar-refractivity contribution in [1.82, 2.24) is 5.32 Å². The van der Waals surface area contributed by atoms with Gasteiger partial charge in [-0.3, -0.25) is 4.79 Å². The summed E-state index contributed by atoms with van der Waals surface area (Å²) in [5.74, 6) is 2.51. The van der Waals surface area contributed by atoms with E-state index in [0.29, 0.717) is 11.8 Å². The van der Waals surface area contributed by atoms with Crippen molar-refractivity contribution in [2.75, 3.05) is 6.54 Å². The molecular formula is C22H31NO. The minimum Gasteiger partial charge on any atom is -0.356 e. The predicted octanol–water partition coefficient (Wildman–Crippen LogP) is 4.69. The smallest absolute Gasteiger partial charge is 0.226 e. The first-order chi connectivity index (χ1) is 11.5. The van der Waals surface area contributed by atoms with Gasteiger partial charge >= 0.3 is 0 Å². The fourth-order valence-electron chi connectivity index (χ4n) is 6.32. The fourth-order valence-corrected chi connectivity index (χ4v) is 6.32. The minimum absolute atomic E-state index is 0.0864. The van der Waals surface area contributed by atoms with Crippen LogP contribution in [0.25, 0.3) is 0 Å². The van der Waals surface area contributed by atoms with E-state index in [1.165, 1.54) is 24.8 Å². The van der Waals surface area contributed by atoms with Gasteiger partial charge in [0, 0.05) is 6.54 Å². The summed E-state index contributed by atoms with van der Waals surface area (Å²) < 4.78 is 0. The fraction of sp³-hybridized carbons (Fsp3) is 0.682. The summed E-state index contributed by atoms with van der Waals surface area (Å²) in [6.45, 7) is 5.29. The lowest BCUT2D eigenvalue weighted by Crippen LogP contribution is -2.59. The monoisotopic (exact) mass is 325 g/mol. The highest BCUT2D eigenvalue weighted by atomic mass is 16.2. The molecule has 5 rings (SSSR count). The maximum Gasteiger partial charge on any atom is 0.226 e. The van der Waals surface area contributed by atoms with Gasteiger partial charge in [-0.15, -0.1) is 0 Å². The van der Waals surface area contributed by atoms with Gasteiger partial charge in [0.2, 0.25) is 5.91 Å². The molecule has 1 amide bonds. The molecule has 4 aliphatic rings. The molecule has 2 heteroatoms. The minimum atomic E-state index is -0.0864. The Labute approximate surface area is 146 Å². The second-order valence-corrected chi connectivity index (χ2v) is 9.33. The summed E-state index contributed by atoms with van der Waals surface area (Å²) >= 11 is 0. The molecule has 0 radical (unpaired) electrons. The number of hydrogen-bond acceptors (Lipinski definition) is 1. The van der Waals surface area contributed by atoms with Crippen LogP contribution in [0.5, 0.6) is 0 Å². The zero-order valence-electron chi connectivity index (χ0n) is 15.2. The average molecular weight is 325 g/mol.